The number of hydrogen-bond donors (Lipinski definition) is 2. The smallest absolute Gasteiger partial charge is 0.301 e. The number of aliphatic hydroxyl groups excluding tert-OH is 1. The Kier molecular flexibility index (Phi) is 7.94. The third-order valence-corrected chi connectivity index (χ3v) is 9.07. The van der Waals surface area contributed by atoms with Crippen LogP contribution in [0.5, 0.6) is 11.5 Å². The first kappa shape index (κ1) is 27.2. The number of aromatic nitrogens is 2. The highest BCUT2D eigenvalue weighted by Crippen LogP contribution is 2.47. The number of ketones is 1. The molecular weight excluding hydrogens is 626 g/mol. The molecule has 2 heterocycles. The maximum atomic E-state index is 13.4. The molecule has 12 heteroatoms. The molecule has 0 bridgehead atoms. The van der Waals surface area contributed by atoms with Crippen molar-refractivity contribution in [2.75, 3.05) is 12.0 Å². The van der Waals surface area contributed by atoms with Crippen LogP contribution in [-0.2, 0) is 15.3 Å². The van der Waals surface area contributed by atoms with Gasteiger partial charge in [0.1, 0.15) is 5.76 Å². The maximum absolute atomic E-state index is 13.4. The molecule has 2 N–H and O–H groups in total. The van der Waals surface area contributed by atoms with Crippen LogP contribution in [0, 0.1) is 0 Å². The Labute approximate surface area is 245 Å². The highest BCUT2D eigenvalue weighted by Gasteiger charge is 2.48. The molecule has 1 saturated heterocycles. The van der Waals surface area contributed by atoms with Gasteiger partial charge in [-0.1, -0.05) is 83.2 Å². The van der Waals surface area contributed by atoms with Gasteiger partial charge in [-0.05, 0) is 45.3 Å². The van der Waals surface area contributed by atoms with Gasteiger partial charge in [-0.3, -0.25) is 14.5 Å². The van der Waals surface area contributed by atoms with Gasteiger partial charge < -0.3 is 14.9 Å². The van der Waals surface area contributed by atoms with E-state index in [0.29, 0.717) is 26.2 Å². The zero-order valence-corrected chi connectivity index (χ0v) is 24.1. The summed E-state index contributed by atoms with van der Waals surface area (Å²) in [5.41, 5.74) is 1.59. The summed E-state index contributed by atoms with van der Waals surface area (Å²) in [6.07, 6.45) is 0. The standard InChI is InChI=1S/C27H19BrClN3O5S2/c1-37-19-12-16(11-17(28)23(19)34)21-20(22(33)14-7-3-2-4-8-14)24(35)25(36)32(21)26-30-31-27(39-26)38-13-15-9-5-6-10-18(15)29/h2-12,21,33-34H,13H2,1H3/b22-20-. The van der Waals surface area contributed by atoms with Crippen LogP contribution in [0.15, 0.2) is 81.1 Å². The quantitative estimate of drug-likeness (QED) is 0.0762. The number of ether oxygens (including phenoxy) is 1. The number of carbonyl (C=O) groups is 2. The van der Waals surface area contributed by atoms with Crippen molar-refractivity contribution < 1.29 is 24.5 Å². The topological polar surface area (TPSA) is 113 Å². The van der Waals surface area contributed by atoms with E-state index in [9.17, 15) is 19.8 Å². The van der Waals surface area contributed by atoms with Crippen LogP contribution in [0.2, 0.25) is 5.02 Å². The first-order valence-corrected chi connectivity index (χ1v) is 14.4. The molecule has 5 rings (SSSR count). The molecule has 1 atom stereocenters. The molecule has 0 aliphatic carbocycles. The van der Waals surface area contributed by atoms with Gasteiger partial charge in [0.15, 0.2) is 15.8 Å². The molecule has 1 aliphatic heterocycles. The van der Waals surface area contributed by atoms with Gasteiger partial charge in [0.05, 0.1) is 23.2 Å². The number of thioether (sulfide) groups is 1. The predicted octanol–water partition coefficient (Wildman–Crippen LogP) is 6.59. The average molecular weight is 645 g/mol. The van der Waals surface area contributed by atoms with Crippen LogP contribution >= 0.6 is 50.6 Å². The van der Waals surface area contributed by atoms with Crippen LogP contribution in [-0.4, -0.2) is 39.2 Å². The summed E-state index contributed by atoms with van der Waals surface area (Å²) < 4.78 is 6.16. The zero-order chi connectivity index (χ0) is 27.7. The minimum atomic E-state index is -1.06. The molecule has 1 aliphatic rings. The fourth-order valence-electron chi connectivity index (χ4n) is 4.12. The van der Waals surface area contributed by atoms with Crippen molar-refractivity contribution in [2.45, 2.75) is 16.1 Å². The molecule has 0 spiro atoms. The van der Waals surface area contributed by atoms with Crippen molar-refractivity contribution in [3.63, 3.8) is 0 Å². The Morgan fingerprint density at radius 3 is 2.56 bits per heavy atom. The lowest BCUT2D eigenvalue weighted by Gasteiger charge is -2.23. The van der Waals surface area contributed by atoms with Gasteiger partial charge in [-0.2, -0.15) is 0 Å². The Morgan fingerprint density at radius 1 is 1.13 bits per heavy atom. The first-order chi connectivity index (χ1) is 18.8. The molecule has 3 aromatic carbocycles. The Morgan fingerprint density at radius 2 is 1.85 bits per heavy atom. The Bertz CT molecular complexity index is 1610. The molecule has 198 valence electrons. The summed E-state index contributed by atoms with van der Waals surface area (Å²) in [6.45, 7) is 0. The molecule has 8 nitrogen and oxygen atoms in total. The van der Waals surface area contributed by atoms with Crippen molar-refractivity contribution >= 4 is 73.2 Å². The van der Waals surface area contributed by atoms with E-state index in [4.69, 9.17) is 16.3 Å². The number of methoxy groups -OCH3 is 1. The monoisotopic (exact) mass is 643 g/mol. The molecule has 1 fully saturated rings. The van der Waals surface area contributed by atoms with Crippen molar-refractivity contribution in [3.05, 3.63) is 98.5 Å². The van der Waals surface area contributed by atoms with E-state index in [2.05, 4.69) is 26.1 Å². The third kappa shape index (κ3) is 5.27. The summed E-state index contributed by atoms with van der Waals surface area (Å²) in [7, 11) is 1.39. The lowest BCUT2D eigenvalue weighted by Crippen LogP contribution is -2.29. The van der Waals surface area contributed by atoms with E-state index in [1.807, 2.05) is 18.2 Å². The number of rotatable bonds is 7. The van der Waals surface area contributed by atoms with Crippen LogP contribution in [0.3, 0.4) is 0 Å². The maximum Gasteiger partial charge on any atom is 0.301 e. The summed E-state index contributed by atoms with van der Waals surface area (Å²) in [6, 6.07) is 18.0. The second-order valence-electron chi connectivity index (χ2n) is 8.32. The number of anilines is 1. The van der Waals surface area contributed by atoms with Crippen LogP contribution < -0.4 is 9.64 Å². The van der Waals surface area contributed by atoms with Gasteiger partial charge in [0.25, 0.3) is 5.78 Å². The summed E-state index contributed by atoms with van der Waals surface area (Å²) in [5, 5.41) is 30.8. The number of nitrogens with zero attached hydrogens (tertiary/aromatic N) is 3. The fraction of sp³-hybridized carbons (Fsp3) is 0.111. The van der Waals surface area contributed by atoms with Crippen molar-refractivity contribution in [1.82, 2.24) is 10.2 Å². The van der Waals surface area contributed by atoms with E-state index in [0.717, 1.165) is 16.9 Å². The molecule has 0 saturated carbocycles. The number of hydrogen-bond acceptors (Lipinski definition) is 9. The van der Waals surface area contributed by atoms with E-state index in [-0.39, 0.29) is 32.4 Å². The molecule has 4 aromatic rings. The number of aliphatic hydroxyl groups is 1. The highest BCUT2D eigenvalue weighted by atomic mass is 79.9. The zero-order valence-electron chi connectivity index (χ0n) is 20.2. The largest absolute Gasteiger partial charge is 0.507 e. The molecule has 0 radical (unpaired) electrons. The van der Waals surface area contributed by atoms with Gasteiger partial charge in [-0.15, -0.1) is 10.2 Å². The minimum absolute atomic E-state index is 0.119. The second-order valence-corrected chi connectivity index (χ2v) is 11.8. The predicted molar refractivity (Wildman–Crippen MR) is 155 cm³/mol. The molecular formula is C27H19BrClN3O5S2. The van der Waals surface area contributed by atoms with Crippen molar-refractivity contribution in [3.8, 4) is 11.5 Å². The summed E-state index contributed by atoms with van der Waals surface area (Å²) in [4.78, 5) is 28.0. The third-order valence-electron chi connectivity index (χ3n) is 5.99. The lowest BCUT2D eigenvalue weighted by molar-refractivity contribution is -0.132. The van der Waals surface area contributed by atoms with E-state index < -0.39 is 17.7 Å². The van der Waals surface area contributed by atoms with Crippen LogP contribution in [0.25, 0.3) is 5.76 Å². The molecule has 1 unspecified atom stereocenters. The van der Waals surface area contributed by atoms with Crippen molar-refractivity contribution in [1.29, 1.82) is 0 Å². The van der Waals surface area contributed by atoms with Gasteiger partial charge in [0, 0.05) is 16.3 Å². The summed E-state index contributed by atoms with van der Waals surface area (Å²) >= 11 is 12.1. The number of amides is 1. The van der Waals surface area contributed by atoms with Gasteiger partial charge in [0.2, 0.25) is 5.13 Å². The Hall–Kier alpha value is -3.38. The number of aromatic hydroxyl groups is 1. The van der Waals surface area contributed by atoms with Gasteiger partial charge >= 0.3 is 5.91 Å². The number of Topliss-reactive ketones (excluding diaryl/α,β-unsaturated/α-hetero) is 1. The first-order valence-electron chi connectivity index (χ1n) is 11.4. The minimum Gasteiger partial charge on any atom is -0.507 e. The SMILES string of the molecule is COc1cc(C2/C(=C(/O)c3ccccc3)C(=O)C(=O)N2c2nnc(SCc3ccccc3Cl)s2)cc(Br)c1O. The average Bonchev–Trinajstić information content (AvgIpc) is 3.51. The summed E-state index contributed by atoms with van der Waals surface area (Å²) in [5.74, 6) is -1.55. The van der Waals surface area contributed by atoms with E-state index in [1.165, 1.54) is 29.8 Å². The molecule has 1 amide bonds. The van der Waals surface area contributed by atoms with Crippen molar-refractivity contribution in [2.24, 2.45) is 0 Å². The Balaban J connectivity index is 1.59. The number of phenolic OH excluding ortho intramolecular Hbond substituents is 1. The second kappa shape index (κ2) is 11.4. The lowest BCUT2D eigenvalue weighted by atomic mass is 9.95. The highest BCUT2D eigenvalue weighted by molar-refractivity contribution is 9.10. The van der Waals surface area contributed by atoms with E-state index >= 15 is 0 Å². The molecule has 1 aromatic heterocycles. The number of carbonyl (C=O) groups excluding carboxylic acids is 2. The van der Waals surface area contributed by atoms with E-state index in [1.54, 1.807) is 42.5 Å². The number of halogens is 2. The number of benzene rings is 3. The molecule has 39 heavy (non-hydrogen) atoms. The van der Waals surface area contributed by atoms with Crippen LogP contribution in [0.1, 0.15) is 22.7 Å². The van der Waals surface area contributed by atoms with Gasteiger partial charge in [-0.25, -0.2) is 0 Å². The van der Waals surface area contributed by atoms with Crippen LogP contribution in [0.4, 0.5) is 5.13 Å². The fourth-order valence-corrected chi connectivity index (χ4v) is 6.73. The number of phenols is 1. The normalized spacial score (nSPS) is 16.6.